The highest BCUT2D eigenvalue weighted by atomic mass is 35.5. The van der Waals surface area contributed by atoms with Crippen molar-refractivity contribution in [2.45, 2.75) is 38.1 Å². The lowest BCUT2D eigenvalue weighted by Gasteiger charge is -2.33. The van der Waals surface area contributed by atoms with Crippen molar-refractivity contribution in [1.82, 2.24) is 19.8 Å². The van der Waals surface area contributed by atoms with Crippen LogP contribution in [0.15, 0.2) is 78.9 Å². The van der Waals surface area contributed by atoms with Crippen molar-refractivity contribution in [2.75, 3.05) is 50.0 Å². The number of amides is 2. The van der Waals surface area contributed by atoms with Gasteiger partial charge in [0.15, 0.2) is 0 Å². The van der Waals surface area contributed by atoms with Crippen molar-refractivity contribution in [2.24, 2.45) is 5.92 Å². The molecule has 2 N–H and O–H groups in total. The van der Waals surface area contributed by atoms with Crippen LogP contribution in [-0.2, 0) is 16.1 Å². The predicted molar refractivity (Wildman–Crippen MR) is 175 cm³/mol. The van der Waals surface area contributed by atoms with Crippen LogP contribution in [0.4, 0.5) is 11.6 Å². The molecule has 43 heavy (non-hydrogen) atoms. The molecular weight excluding hydrogens is 560 g/mol. The molecule has 1 saturated carbocycles. The second-order valence-corrected chi connectivity index (χ2v) is 11.6. The Labute approximate surface area is 259 Å². The summed E-state index contributed by atoms with van der Waals surface area (Å²) in [6, 6.07) is 26.5. The normalized spacial score (nSPS) is 19.0. The smallest absolute Gasteiger partial charge is 0.243 e. The molecule has 0 unspecified atom stereocenters. The number of hydrogen-bond donors (Lipinski definition) is 2. The van der Waals surface area contributed by atoms with E-state index < -0.39 is 0 Å². The van der Waals surface area contributed by atoms with E-state index in [0.29, 0.717) is 0 Å². The second kappa shape index (κ2) is 14.1. The standard InChI is InChI=1S/C34H40N6O2.ClH/c1-38-19-21-39(22-20-38)34-37-30-13-7-8-14-31(30)40(34)24-25-15-17-26(18-16-25)28-11-5-6-12-29(28)33(42)35-23-32(41)36-27-9-3-2-4-10-27;/h2-4,7-10,13-18,28-29H,5-6,11-12,19-24H2,1H3,(H,35,42)(H,36,41);1H/t28-,29+;/m0./s1. The molecule has 2 amide bonds. The van der Waals surface area contributed by atoms with Gasteiger partial charge in [0.2, 0.25) is 17.8 Å². The number of nitrogens with one attached hydrogen (secondary N) is 2. The lowest BCUT2D eigenvalue weighted by Crippen LogP contribution is -2.45. The molecule has 4 aromatic rings. The number of imidazole rings is 1. The van der Waals surface area contributed by atoms with E-state index in [9.17, 15) is 9.59 Å². The molecule has 2 atom stereocenters. The zero-order chi connectivity index (χ0) is 28.9. The average molecular weight is 601 g/mol. The molecule has 6 rings (SSSR count). The summed E-state index contributed by atoms with van der Waals surface area (Å²) in [7, 11) is 2.17. The van der Waals surface area contributed by atoms with E-state index in [1.54, 1.807) is 0 Å². The zero-order valence-electron chi connectivity index (χ0n) is 24.7. The maximum absolute atomic E-state index is 13.2. The van der Waals surface area contributed by atoms with Gasteiger partial charge in [0, 0.05) is 37.8 Å². The van der Waals surface area contributed by atoms with Gasteiger partial charge in [-0.15, -0.1) is 12.4 Å². The molecule has 2 fully saturated rings. The number of piperazine rings is 1. The molecule has 1 aromatic heterocycles. The molecule has 0 spiro atoms. The Bertz CT molecular complexity index is 1520. The molecular formula is C34H41ClN6O2. The van der Waals surface area contributed by atoms with Crippen LogP contribution in [0, 0.1) is 5.92 Å². The van der Waals surface area contributed by atoms with Crippen LogP contribution >= 0.6 is 12.4 Å². The summed E-state index contributed by atoms with van der Waals surface area (Å²) in [5, 5.41) is 5.74. The number of aromatic nitrogens is 2. The third kappa shape index (κ3) is 7.20. The van der Waals surface area contributed by atoms with Gasteiger partial charge < -0.3 is 25.0 Å². The fourth-order valence-corrected chi connectivity index (χ4v) is 6.39. The van der Waals surface area contributed by atoms with Gasteiger partial charge in [-0.25, -0.2) is 4.98 Å². The minimum atomic E-state index is -0.214. The number of halogens is 1. The van der Waals surface area contributed by atoms with Gasteiger partial charge >= 0.3 is 0 Å². The molecule has 1 aliphatic carbocycles. The van der Waals surface area contributed by atoms with E-state index in [2.05, 4.69) is 80.6 Å². The minimum Gasteiger partial charge on any atom is -0.347 e. The number of nitrogens with zero attached hydrogens (tertiary/aromatic N) is 4. The summed E-state index contributed by atoms with van der Waals surface area (Å²) in [4.78, 5) is 35.4. The van der Waals surface area contributed by atoms with Gasteiger partial charge in [0.1, 0.15) is 0 Å². The molecule has 9 heteroatoms. The van der Waals surface area contributed by atoms with E-state index in [0.717, 1.165) is 81.1 Å². The van der Waals surface area contributed by atoms with Gasteiger partial charge in [-0.05, 0) is 61.2 Å². The summed E-state index contributed by atoms with van der Waals surface area (Å²) in [5.41, 5.74) is 5.31. The molecule has 2 aliphatic rings. The Morgan fingerprint density at radius 1 is 0.860 bits per heavy atom. The van der Waals surface area contributed by atoms with Crippen molar-refractivity contribution in [3.05, 3.63) is 90.0 Å². The Kier molecular flexibility index (Phi) is 10.00. The van der Waals surface area contributed by atoms with E-state index in [1.807, 2.05) is 30.3 Å². The number of rotatable bonds is 8. The van der Waals surface area contributed by atoms with E-state index in [1.165, 1.54) is 11.1 Å². The predicted octanol–water partition coefficient (Wildman–Crippen LogP) is 5.29. The first-order valence-corrected chi connectivity index (χ1v) is 15.2. The summed E-state index contributed by atoms with van der Waals surface area (Å²) in [6.07, 6.45) is 3.97. The monoisotopic (exact) mass is 600 g/mol. The number of anilines is 2. The number of likely N-dealkylation sites (N-methyl/N-ethyl adjacent to an activating group) is 1. The van der Waals surface area contributed by atoms with Crippen molar-refractivity contribution >= 4 is 46.9 Å². The molecule has 2 heterocycles. The highest BCUT2D eigenvalue weighted by molar-refractivity contribution is 5.94. The quantitative estimate of drug-likeness (QED) is 0.287. The van der Waals surface area contributed by atoms with E-state index in [4.69, 9.17) is 4.98 Å². The SMILES string of the molecule is CN1CCN(c2nc3ccccc3n2Cc2ccc([C@@H]3CCCC[C@H]3C(=O)NCC(=O)Nc3ccccc3)cc2)CC1.Cl. The molecule has 3 aromatic carbocycles. The lowest BCUT2D eigenvalue weighted by molar-refractivity contribution is -0.128. The van der Waals surface area contributed by atoms with Crippen LogP contribution in [0.2, 0.25) is 0 Å². The summed E-state index contributed by atoms with van der Waals surface area (Å²) in [6.45, 7) is 4.73. The van der Waals surface area contributed by atoms with Crippen molar-refractivity contribution in [3.8, 4) is 0 Å². The Balaban J connectivity index is 0.00000368. The van der Waals surface area contributed by atoms with Crippen LogP contribution in [0.5, 0.6) is 0 Å². The van der Waals surface area contributed by atoms with Crippen LogP contribution < -0.4 is 15.5 Å². The highest BCUT2D eigenvalue weighted by Crippen LogP contribution is 2.38. The maximum atomic E-state index is 13.2. The Morgan fingerprint density at radius 3 is 2.33 bits per heavy atom. The number of carbonyl (C=O) groups is 2. The van der Waals surface area contributed by atoms with Gasteiger partial charge in [0.05, 0.1) is 24.1 Å². The first-order valence-electron chi connectivity index (χ1n) is 15.2. The van der Waals surface area contributed by atoms with E-state index in [-0.39, 0.29) is 42.6 Å². The number of benzene rings is 3. The second-order valence-electron chi connectivity index (χ2n) is 11.6. The summed E-state index contributed by atoms with van der Waals surface area (Å²) in [5.74, 6) is 0.812. The fourth-order valence-electron chi connectivity index (χ4n) is 6.39. The van der Waals surface area contributed by atoms with Crippen LogP contribution in [0.1, 0.15) is 42.7 Å². The van der Waals surface area contributed by atoms with Gasteiger partial charge in [0.25, 0.3) is 0 Å². The average Bonchev–Trinajstić information content (AvgIpc) is 3.39. The highest BCUT2D eigenvalue weighted by Gasteiger charge is 2.32. The van der Waals surface area contributed by atoms with Crippen LogP contribution in [0.25, 0.3) is 11.0 Å². The maximum Gasteiger partial charge on any atom is 0.243 e. The van der Waals surface area contributed by atoms with Crippen molar-refractivity contribution in [3.63, 3.8) is 0 Å². The fraction of sp³-hybridized carbons (Fsp3) is 0.382. The van der Waals surface area contributed by atoms with Crippen molar-refractivity contribution < 1.29 is 9.59 Å². The lowest BCUT2D eigenvalue weighted by atomic mass is 9.75. The van der Waals surface area contributed by atoms with Gasteiger partial charge in [-0.3, -0.25) is 9.59 Å². The topological polar surface area (TPSA) is 82.5 Å². The van der Waals surface area contributed by atoms with Crippen LogP contribution in [-0.4, -0.2) is 66.0 Å². The minimum absolute atomic E-state index is 0. The number of fused-ring (bicyclic) bond motifs is 1. The molecule has 0 bridgehead atoms. The van der Waals surface area contributed by atoms with E-state index >= 15 is 0 Å². The number of para-hydroxylation sites is 3. The Morgan fingerprint density at radius 2 is 1.56 bits per heavy atom. The third-order valence-electron chi connectivity index (χ3n) is 8.75. The Hall–Kier alpha value is -3.88. The van der Waals surface area contributed by atoms with Crippen molar-refractivity contribution in [1.29, 1.82) is 0 Å². The first-order chi connectivity index (χ1) is 20.5. The summed E-state index contributed by atoms with van der Waals surface area (Å²) < 4.78 is 2.34. The molecule has 1 aliphatic heterocycles. The number of hydrogen-bond acceptors (Lipinski definition) is 5. The molecule has 1 saturated heterocycles. The van der Waals surface area contributed by atoms with Gasteiger partial charge in [-0.1, -0.05) is 67.4 Å². The molecule has 226 valence electrons. The number of carbonyl (C=O) groups excluding carboxylic acids is 2. The molecule has 0 radical (unpaired) electrons. The molecule has 8 nitrogen and oxygen atoms in total. The zero-order valence-corrected chi connectivity index (χ0v) is 25.6. The van der Waals surface area contributed by atoms with Crippen LogP contribution in [0.3, 0.4) is 0 Å². The summed E-state index contributed by atoms with van der Waals surface area (Å²) >= 11 is 0. The largest absolute Gasteiger partial charge is 0.347 e. The van der Waals surface area contributed by atoms with Gasteiger partial charge in [-0.2, -0.15) is 0 Å². The first kappa shape index (κ1) is 30.6. The third-order valence-corrected chi connectivity index (χ3v) is 8.75.